The molecule has 2 N–H and O–H groups in total. The molecule has 102 valence electrons. The SMILES string of the molecule is NC(=O)C1CCCN(C(=O)c2cccc(F)c2Br)C1. The largest absolute Gasteiger partial charge is 0.369 e. The second kappa shape index (κ2) is 5.69. The molecule has 1 aliphatic heterocycles. The van der Waals surface area contributed by atoms with Crippen LogP contribution in [0.1, 0.15) is 23.2 Å². The lowest BCUT2D eigenvalue weighted by Crippen LogP contribution is -2.44. The van der Waals surface area contributed by atoms with Crippen molar-refractivity contribution in [2.45, 2.75) is 12.8 Å². The molecule has 2 rings (SSSR count). The lowest BCUT2D eigenvalue weighted by atomic mass is 9.97. The zero-order valence-electron chi connectivity index (χ0n) is 10.2. The number of hydrogen-bond donors (Lipinski definition) is 1. The highest BCUT2D eigenvalue weighted by Gasteiger charge is 2.28. The molecule has 4 nitrogen and oxygen atoms in total. The number of piperidine rings is 1. The second-order valence-corrected chi connectivity index (χ2v) is 5.39. The number of carbonyl (C=O) groups excluding carboxylic acids is 2. The van der Waals surface area contributed by atoms with Crippen molar-refractivity contribution in [1.29, 1.82) is 0 Å². The van der Waals surface area contributed by atoms with Gasteiger partial charge in [0.2, 0.25) is 5.91 Å². The van der Waals surface area contributed by atoms with Crippen LogP contribution in [0.25, 0.3) is 0 Å². The van der Waals surface area contributed by atoms with E-state index in [1.807, 2.05) is 0 Å². The van der Waals surface area contributed by atoms with Crippen LogP contribution >= 0.6 is 15.9 Å². The third-order valence-corrected chi connectivity index (χ3v) is 4.10. The van der Waals surface area contributed by atoms with Gasteiger partial charge in [-0.05, 0) is 40.9 Å². The molecule has 1 saturated heterocycles. The Kier molecular flexibility index (Phi) is 4.19. The first-order valence-electron chi connectivity index (χ1n) is 6.03. The van der Waals surface area contributed by atoms with E-state index in [0.717, 1.165) is 6.42 Å². The molecule has 6 heteroatoms. The predicted octanol–water partition coefficient (Wildman–Crippen LogP) is 1.93. The Morgan fingerprint density at radius 1 is 1.42 bits per heavy atom. The summed E-state index contributed by atoms with van der Waals surface area (Å²) in [5.41, 5.74) is 5.54. The quantitative estimate of drug-likeness (QED) is 0.901. The number of amides is 2. The van der Waals surface area contributed by atoms with E-state index in [1.54, 1.807) is 11.0 Å². The molecule has 0 bridgehead atoms. The van der Waals surface area contributed by atoms with Crippen LogP contribution in [0.3, 0.4) is 0 Å². The molecule has 0 aromatic heterocycles. The van der Waals surface area contributed by atoms with Gasteiger partial charge in [-0.3, -0.25) is 9.59 Å². The summed E-state index contributed by atoms with van der Waals surface area (Å²) < 4.78 is 13.6. The average Bonchev–Trinajstić information content (AvgIpc) is 2.41. The summed E-state index contributed by atoms with van der Waals surface area (Å²) in [5, 5.41) is 0. The van der Waals surface area contributed by atoms with Crippen molar-refractivity contribution < 1.29 is 14.0 Å². The van der Waals surface area contributed by atoms with E-state index in [0.29, 0.717) is 19.5 Å². The molecule has 1 fully saturated rings. The van der Waals surface area contributed by atoms with Gasteiger partial charge in [-0.25, -0.2) is 4.39 Å². The van der Waals surface area contributed by atoms with E-state index in [9.17, 15) is 14.0 Å². The maximum absolute atomic E-state index is 13.4. The first-order chi connectivity index (χ1) is 9.00. The Bertz CT molecular complexity index is 521. The van der Waals surface area contributed by atoms with Gasteiger partial charge in [-0.15, -0.1) is 0 Å². The van der Waals surface area contributed by atoms with Crippen molar-refractivity contribution >= 4 is 27.7 Å². The Hall–Kier alpha value is -1.43. The molecule has 0 radical (unpaired) electrons. The molecule has 1 unspecified atom stereocenters. The smallest absolute Gasteiger partial charge is 0.255 e. The number of primary amides is 1. The van der Waals surface area contributed by atoms with E-state index >= 15 is 0 Å². The number of halogens is 2. The summed E-state index contributed by atoms with van der Waals surface area (Å²) in [6.07, 6.45) is 1.43. The van der Waals surface area contributed by atoms with Crippen molar-refractivity contribution in [2.75, 3.05) is 13.1 Å². The van der Waals surface area contributed by atoms with Crippen molar-refractivity contribution in [3.8, 4) is 0 Å². The van der Waals surface area contributed by atoms with Crippen LogP contribution in [0.15, 0.2) is 22.7 Å². The molecule has 0 saturated carbocycles. The molecule has 0 aliphatic carbocycles. The van der Waals surface area contributed by atoms with Gasteiger partial charge in [0.25, 0.3) is 5.91 Å². The Morgan fingerprint density at radius 2 is 2.16 bits per heavy atom. The van der Waals surface area contributed by atoms with Gasteiger partial charge < -0.3 is 10.6 Å². The predicted molar refractivity (Wildman–Crippen MR) is 71.9 cm³/mol. The number of nitrogens with zero attached hydrogens (tertiary/aromatic N) is 1. The van der Waals surface area contributed by atoms with Crippen molar-refractivity contribution in [1.82, 2.24) is 4.90 Å². The zero-order chi connectivity index (χ0) is 14.0. The van der Waals surface area contributed by atoms with Crippen LogP contribution in [-0.2, 0) is 4.79 Å². The van der Waals surface area contributed by atoms with Crippen LogP contribution in [0.5, 0.6) is 0 Å². The van der Waals surface area contributed by atoms with Crippen molar-refractivity contribution in [2.24, 2.45) is 11.7 Å². The van der Waals surface area contributed by atoms with Gasteiger partial charge in [0, 0.05) is 13.1 Å². The van der Waals surface area contributed by atoms with Crippen LogP contribution < -0.4 is 5.73 Å². The Balaban J connectivity index is 2.19. The number of benzene rings is 1. The van der Waals surface area contributed by atoms with Crippen LogP contribution in [-0.4, -0.2) is 29.8 Å². The summed E-state index contributed by atoms with van der Waals surface area (Å²) in [6.45, 7) is 0.864. The fourth-order valence-corrected chi connectivity index (χ4v) is 2.67. The molecular weight excluding hydrogens is 315 g/mol. The molecule has 0 spiro atoms. The highest BCUT2D eigenvalue weighted by Crippen LogP contribution is 2.24. The molecular formula is C13H14BrFN2O2. The van der Waals surface area contributed by atoms with E-state index in [4.69, 9.17) is 5.73 Å². The van der Waals surface area contributed by atoms with Crippen molar-refractivity contribution in [3.63, 3.8) is 0 Å². The van der Waals surface area contributed by atoms with Crippen LogP contribution in [0.2, 0.25) is 0 Å². The van der Waals surface area contributed by atoms with Crippen molar-refractivity contribution in [3.05, 3.63) is 34.1 Å². The Morgan fingerprint density at radius 3 is 2.84 bits per heavy atom. The second-order valence-electron chi connectivity index (χ2n) is 4.59. The molecule has 1 atom stereocenters. The number of likely N-dealkylation sites (tertiary alicyclic amines) is 1. The lowest BCUT2D eigenvalue weighted by molar-refractivity contribution is -0.123. The summed E-state index contributed by atoms with van der Waals surface area (Å²) in [5.74, 6) is -1.47. The first-order valence-corrected chi connectivity index (χ1v) is 6.82. The van der Waals surface area contributed by atoms with Gasteiger partial charge in [0.05, 0.1) is 16.0 Å². The zero-order valence-corrected chi connectivity index (χ0v) is 11.8. The van der Waals surface area contributed by atoms with Crippen LogP contribution in [0.4, 0.5) is 4.39 Å². The summed E-state index contributed by atoms with van der Waals surface area (Å²) in [7, 11) is 0. The standard InChI is InChI=1S/C13H14BrFN2O2/c14-11-9(4-1-5-10(11)15)13(19)17-6-2-3-8(7-17)12(16)18/h1,4-5,8H,2-3,6-7H2,(H2,16,18). The maximum atomic E-state index is 13.4. The van der Waals surface area contributed by atoms with Gasteiger partial charge in [-0.2, -0.15) is 0 Å². The lowest BCUT2D eigenvalue weighted by Gasteiger charge is -2.31. The fraction of sp³-hybridized carbons (Fsp3) is 0.385. The molecule has 19 heavy (non-hydrogen) atoms. The third-order valence-electron chi connectivity index (χ3n) is 3.29. The summed E-state index contributed by atoms with van der Waals surface area (Å²) in [4.78, 5) is 25.1. The van der Waals surface area contributed by atoms with E-state index in [-0.39, 0.29) is 21.9 Å². The minimum Gasteiger partial charge on any atom is -0.369 e. The highest BCUT2D eigenvalue weighted by atomic mass is 79.9. The molecule has 1 aliphatic rings. The van der Waals surface area contributed by atoms with E-state index in [2.05, 4.69) is 15.9 Å². The van der Waals surface area contributed by atoms with Gasteiger partial charge >= 0.3 is 0 Å². The minimum absolute atomic E-state index is 0.154. The summed E-state index contributed by atoms with van der Waals surface area (Å²) in [6, 6.07) is 4.33. The average molecular weight is 329 g/mol. The molecule has 2 amide bonds. The van der Waals surface area contributed by atoms with E-state index in [1.165, 1.54) is 12.1 Å². The topological polar surface area (TPSA) is 63.4 Å². The first kappa shape index (κ1) is 14.0. The van der Waals surface area contributed by atoms with Gasteiger partial charge in [0.1, 0.15) is 5.82 Å². The molecule has 1 aromatic rings. The van der Waals surface area contributed by atoms with Gasteiger partial charge in [0.15, 0.2) is 0 Å². The number of carbonyl (C=O) groups is 2. The molecule has 1 aromatic carbocycles. The number of hydrogen-bond acceptors (Lipinski definition) is 2. The minimum atomic E-state index is -0.477. The number of nitrogens with two attached hydrogens (primary N) is 1. The monoisotopic (exact) mass is 328 g/mol. The highest BCUT2D eigenvalue weighted by molar-refractivity contribution is 9.10. The van der Waals surface area contributed by atoms with Crippen LogP contribution in [0, 0.1) is 11.7 Å². The third kappa shape index (κ3) is 2.94. The summed E-state index contributed by atoms with van der Waals surface area (Å²) >= 11 is 3.08. The normalized spacial score (nSPS) is 19.3. The number of rotatable bonds is 2. The molecule has 1 heterocycles. The van der Waals surface area contributed by atoms with E-state index < -0.39 is 11.7 Å². The Labute approximate surface area is 118 Å². The van der Waals surface area contributed by atoms with Gasteiger partial charge in [-0.1, -0.05) is 6.07 Å². The fourth-order valence-electron chi connectivity index (χ4n) is 2.23. The maximum Gasteiger partial charge on any atom is 0.255 e.